The van der Waals surface area contributed by atoms with Gasteiger partial charge in [-0.05, 0) is 36.4 Å². The minimum Gasteiger partial charge on any atom is -0.321 e. The van der Waals surface area contributed by atoms with Crippen LogP contribution in [0, 0.1) is 17.5 Å². The van der Waals surface area contributed by atoms with Gasteiger partial charge in [-0.1, -0.05) is 36.4 Å². The number of halogens is 3. The molecule has 0 spiro atoms. The van der Waals surface area contributed by atoms with Crippen LogP contribution < -0.4 is 10.2 Å². The topological polar surface area (TPSA) is 70.9 Å². The normalized spacial score (nSPS) is 16.2. The molecule has 178 valence electrons. The second kappa shape index (κ2) is 9.96. The average Bonchev–Trinajstić information content (AvgIpc) is 2.81. The van der Waals surface area contributed by atoms with Crippen molar-refractivity contribution in [3.05, 3.63) is 95.8 Å². The fourth-order valence-corrected chi connectivity index (χ4v) is 5.68. The van der Waals surface area contributed by atoms with E-state index in [0.717, 1.165) is 33.0 Å². The lowest BCUT2D eigenvalue weighted by Gasteiger charge is -2.35. The predicted molar refractivity (Wildman–Crippen MR) is 120 cm³/mol. The first kappa shape index (κ1) is 23.9. The van der Waals surface area contributed by atoms with E-state index >= 15 is 0 Å². The lowest BCUT2D eigenvalue weighted by molar-refractivity contribution is -0.925. The third-order valence-corrected chi connectivity index (χ3v) is 7.75. The number of sulfonamides is 1. The summed E-state index contributed by atoms with van der Waals surface area (Å²) in [5.74, 6) is -3.04. The number of carbonyl (C=O) groups excluding carboxylic acids is 1. The fraction of sp³-hybridized carbons (Fsp3) is 0.208. The smallest absolute Gasteiger partial charge is 0.287 e. The van der Waals surface area contributed by atoms with Gasteiger partial charge < -0.3 is 10.2 Å². The molecule has 6 nitrogen and oxygen atoms in total. The van der Waals surface area contributed by atoms with Crippen LogP contribution in [0.15, 0.2) is 77.7 Å². The van der Waals surface area contributed by atoms with Gasteiger partial charge in [-0.25, -0.2) is 21.6 Å². The van der Waals surface area contributed by atoms with E-state index in [0.29, 0.717) is 5.69 Å². The van der Waals surface area contributed by atoms with E-state index in [-0.39, 0.29) is 32.1 Å². The van der Waals surface area contributed by atoms with Crippen molar-refractivity contribution in [2.45, 2.75) is 10.9 Å². The Balaban J connectivity index is 1.54. The van der Waals surface area contributed by atoms with Crippen LogP contribution in [-0.4, -0.2) is 44.8 Å². The second-order valence-electron chi connectivity index (χ2n) is 7.95. The summed E-state index contributed by atoms with van der Waals surface area (Å²) in [4.78, 5) is 13.1. The molecule has 4 rings (SSSR count). The number of hydrogen-bond acceptors (Lipinski definition) is 3. The van der Waals surface area contributed by atoms with Crippen LogP contribution in [0.5, 0.6) is 0 Å². The minimum absolute atomic E-state index is 0.0153. The highest BCUT2D eigenvalue weighted by Crippen LogP contribution is 2.23. The van der Waals surface area contributed by atoms with Crippen molar-refractivity contribution in [1.29, 1.82) is 0 Å². The first-order valence-electron chi connectivity index (χ1n) is 10.7. The van der Waals surface area contributed by atoms with Crippen LogP contribution in [0.1, 0.15) is 11.6 Å². The molecule has 1 amide bonds. The van der Waals surface area contributed by atoms with Crippen LogP contribution in [0.4, 0.5) is 18.9 Å². The summed E-state index contributed by atoms with van der Waals surface area (Å²) < 4.78 is 68.4. The van der Waals surface area contributed by atoms with Gasteiger partial charge in [0.2, 0.25) is 10.0 Å². The summed E-state index contributed by atoms with van der Waals surface area (Å²) >= 11 is 0. The summed E-state index contributed by atoms with van der Waals surface area (Å²) in [6.07, 6.45) is 0. The van der Waals surface area contributed by atoms with Crippen LogP contribution in [-0.2, 0) is 14.8 Å². The second-order valence-corrected chi connectivity index (χ2v) is 9.83. The van der Waals surface area contributed by atoms with Gasteiger partial charge in [0.15, 0.2) is 10.9 Å². The monoisotopic (exact) mass is 490 g/mol. The van der Waals surface area contributed by atoms with E-state index in [1.807, 2.05) is 6.07 Å². The molecule has 2 N–H and O–H groups in total. The van der Waals surface area contributed by atoms with E-state index < -0.39 is 38.4 Å². The molecule has 3 aromatic rings. The Morgan fingerprint density at radius 3 is 2.03 bits per heavy atom. The summed E-state index contributed by atoms with van der Waals surface area (Å²) in [6, 6.07) is 16.7. The number of amides is 1. The van der Waals surface area contributed by atoms with Gasteiger partial charge in [-0.3, -0.25) is 4.79 Å². The summed E-state index contributed by atoms with van der Waals surface area (Å²) in [7, 11) is -4.38. The summed E-state index contributed by atoms with van der Waals surface area (Å²) in [5.41, 5.74) is 1.16. The molecule has 10 heteroatoms. The van der Waals surface area contributed by atoms with Crippen LogP contribution in [0.2, 0.25) is 0 Å². The summed E-state index contributed by atoms with van der Waals surface area (Å²) in [5, 5.41) is 2.79. The van der Waals surface area contributed by atoms with Gasteiger partial charge >= 0.3 is 0 Å². The van der Waals surface area contributed by atoms with Gasteiger partial charge in [0.1, 0.15) is 17.5 Å². The van der Waals surface area contributed by atoms with E-state index in [4.69, 9.17) is 0 Å². The van der Waals surface area contributed by atoms with E-state index in [1.165, 1.54) is 24.3 Å². The first-order valence-corrected chi connectivity index (χ1v) is 12.1. The number of rotatable bonds is 6. The number of carbonyl (C=O) groups is 1. The largest absolute Gasteiger partial charge is 0.321 e. The molecule has 1 fully saturated rings. The SMILES string of the molecule is O=C(Nc1ccc(F)cc1)[C@H](c1ccccc1)[NH+]1CCN(S(=O)(=O)c2c(F)cccc2F)CC1. The zero-order chi connectivity index (χ0) is 24.3. The highest BCUT2D eigenvalue weighted by molar-refractivity contribution is 7.89. The maximum Gasteiger partial charge on any atom is 0.287 e. The zero-order valence-electron chi connectivity index (χ0n) is 18.0. The summed E-state index contributed by atoms with van der Waals surface area (Å²) in [6.45, 7) is 0.453. The number of hydrogen-bond donors (Lipinski definition) is 2. The molecule has 0 bridgehead atoms. The number of benzene rings is 3. The maximum atomic E-state index is 14.1. The molecule has 0 radical (unpaired) electrons. The van der Waals surface area contributed by atoms with Crippen molar-refractivity contribution >= 4 is 21.6 Å². The number of nitrogens with one attached hydrogen (secondary N) is 2. The molecule has 0 aromatic heterocycles. The number of piperazine rings is 1. The molecule has 3 aromatic carbocycles. The standard InChI is InChI=1S/C24H22F3N3O3S/c25-18-9-11-19(12-10-18)28-24(31)22(17-5-2-1-3-6-17)29-13-15-30(16-14-29)34(32,33)23-20(26)7-4-8-21(23)27/h1-12,22H,13-16H2,(H,28,31)/p+1/t22-/m0/s1. The average molecular weight is 491 g/mol. The Morgan fingerprint density at radius 2 is 1.44 bits per heavy atom. The first-order chi connectivity index (χ1) is 16.3. The molecule has 1 aliphatic rings. The lowest BCUT2D eigenvalue weighted by atomic mass is 10.0. The molecule has 0 unspecified atom stereocenters. The number of anilines is 1. The quantitative estimate of drug-likeness (QED) is 0.558. The molecule has 0 aliphatic carbocycles. The van der Waals surface area contributed by atoms with Gasteiger partial charge in [-0.15, -0.1) is 0 Å². The Hall–Kier alpha value is -3.21. The molecular formula is C24H23F3N3O3S+. The van der Waals surface area contributed by atoms with E-state index in [2.05, 4.69) is 5.32 Å². The Kier molecular flexibility index (Phi) is 7.01. The van der Waals surface area contributed by atoms with Crippen molar-refractivity contribution in [2.75, 3.05) is 31.5 Å². The molecule has 1 atom stereocenters. The third-order valence-electron chi connectivity index (χ3n) is 5.80. The van der Waals surface area contributed by atoms with Gasteiger partial charge in [-0.2, -0.15) is 4.31 Å². The van der Waals surface area contributed by atoms with Crippen LogP contribution in [0.3, 0.4) is 0 Å². The Bertz CT molecular complexity index is 1240. The number of nitrogens with zero attached hydrogens (tertiary/aromatic N) is 1. The van der Waals surface area contributed by atoms with Crippen molar-refractivity contribution in [3.8, 4) is 0 Å². The third kappa shape index (κ3) is 4.98. The van der Waals surface area contributed by atoms with Gasteiger partial charge in [0, 0.05) is 11.3 Å². The molecule has 34 heavy (non-hydrogen) atoms. The maximum absolute atomic E-state index is 14.1. The zero-order valence-corrected chi connectivity index (χ0v) is 18.9. The number of quaternary nitrogens is 1. The Labute approximate surface area is 195 Å². The highest BCUT2D eigenvalue weighted by Gasteiger charge is 2.39. The lowest BCUT2D eigenvalue weighted by Crippen LogP contribution is -3.16. The van der Waals surface area contributed by atoms with E-state index in [9.17, 15) is 26.4 Å². The molecule has 0 saturated carbocycles. The van der Waals surface area contributed by atoms with Gasteiger partial charge in [0.25, 0.3) is 5.91 Å². The van der Waals surface area contributed by atoms with Crippen molar-refractivity contribution in [3.63, 3.8) is 0 Å². The Morgan fingerprint density at radius 1 is 0.853 bits per heavy atom. The predicted octanol–water partition coefficient (Wildman–Crippen LogP) is 2.37. The molecule has 1 aliphatic heterocycles. The van der Waals surface area contributed by atoms with Crippen LogP contribution in [0.25, 0.3) is 0 Å². The van der Waals surface area contributed by atoms with Crippen LogP contribution >= 0.6 is 0 Å². The van der Waals surface area contributed by atoms with Crippen molar-refractivity contribution in [1.82, 2.24) is 4.31 Å². The molecule has 1 saturated heterocycles. The van der Waals surface area contributed by atoms with Gasteiger partial charge in [0.05, 0.1) is 26.2 Å². The minimum atomic E-state index is -4.38. The molecular weight excluding hydrogens is 467 g/mol. The van der Waals surface area contributed by atoms with Crippen molar-refractivity contribution < 1.29 is 31.3 Å². The van der Waals surface area contributed by atoms with Crippen molar-refractivity contribution in [2.24, 2.45) is 0 Å². The van der Waals surface area contributed by atoms with E-state index in [1.54, 1.807) is 24.3 Å². The fourth-order valence-electron chi connectivity index (χ4n) is 4.13. The molecule has 1 heterocycles. The highest BCUT2D eigenvalue weighted by atomic mass is 32.2.